The molecule has 0 aliphatic heterocycles. The van der Waals surface area contributed by atoms with Crippen molar-refractivity contribution >= 4 is 11.1 Å². The Morgan fingerprint density at radius 1 is 1.28 bits per heavy atom. The van der Waals surface area contributed by atoms with Gasteiger partial charge in [0.25, 0.3) is 0 Å². The van der Waals surface area contributed by atoms with E-state index in [0.717, 1.165) is 0 Å². The fourth-order valence-electron chi connectivity index (χ4n) is 1.70. The van der Waals surface area contributed by atoms with Crippen molar-refractivity contribution in [1.29, 1.82) is 5.26 Å². The maximum absolute atomic E-state index is 9.37. The lowest BCUT2D eigenvalue weighted by Crippen LogP contribution is -1.85. The molecule has 3 rings (SSSR count). The van der Waals surface area contributed by atoms with Crippen molar-refractivity contribution in [2.45, 2.75) is 0 Å². The molecule has 0 bridgehead atoms. The highest BCUT2D eigenvalue weighted by atomic mass is 16.3. The Morgan fingerprint density at radius 3 is 3.00 bits per heavy atom. The van der Waals surface area contributed by atoms with Crippen LogP contribution in [0.1, 0.15) is 5.56 Å². The van der Waals surface area contributed by atoms with Gasteiger partial charge in [0.2, 0.25) is 5.89 Å². The Balaban J connectivity index is 2.23. The molecular formula is C13H7N3O2. The second kappa shape index (κ2) is 3.86. The number of hydrogen-bond donors (Lipinski definition) is 1. The van der Waals surface area contributed by atoms with Gasteiger partial charge in [0.1, 0.15) is 17.3 Å². The molecule has 5 nitrogen and oxygen atoms in total. The van der Waals surface area contributed by atoms with Crippen molar-refractivity contribution in [3.8, 4) is 23.3 Å². The van der Waals surface area contributed by atoms with Crippen LogP contribution in [0.25, 0.3) is 22.6 Å². The highest BCUT2D eigenvalue weighted by molar-refractivity contribution is 5.78. The number of pyridine rings is 1. The average Bonchev–Trinajstić information content (AvgIpc) is 2.81. The second-order valence-electron chi connectivity index (χ2n) is 3.70. The van der Waals surface area contributed by atoms with Gasteiger partial charge in [0.15, 0.2) is 5.58 Å². The third-order valence-corrected chi connectivity index (χ3v) is 2.54. The van der Waals surface area contributed by atoms with Gasteiger partial charge in [0.05, 0.1) is 11.1 Å². The summed E-state index contributed by atoms with van der Waals surface area (Å²) in [4.78, 5) is 8.12. The van der Waals surface area contributed by atoms with Crippen molar-refractivity contribution < 1.29 is 9.52 Å². The van der Waals surface area contributed by atoms with E-state index < -0.39 is 0 Å². The molecule has 2 heterocycles. The Hall–Kier alpha value is -2.87. The highest BCUT2D eigenvalue weighted by Gasteiger charge is 2.12. The fraction of sp³-hybridized carbons (Fsp3) is 0. The van der Waals surface area contributed by atoms with E-state index in [-0.39, 0.29) is 5.75 Å². The summed E-state index contributed by atoms with van der Waals surface area (Å²) in [6, 6.07) is 8.37. The van der Waals surface area contributed by atoms with Gasteiger partial charge in [-0.1, -0.05) is 0 Å². The molecule has 0 spiro atoms. The molecule has 0 saturated carbocycles. The number of aromatic nitrogens is 2. The van der Waals surface area contributed by atoms with E-state index in [1.165, 1.54) is 18.3 Å². The molecule has 0 saturated heterocycles. The van der Waals surface area contributed by atoms with Gasteiger partial charge in [-0.15, -0.1) is 0 Å². The van der Waals surface area contributed by atoms with Crippen molar-refractivity contribution in [1.82, 2.24) is 9.97 Å². The highest BCUT2D eigenvalue weighted by Crippen LogP contribution is 2.27. The predicted molar refractivity (Wildman–Crippen MR) is 63.6 cm³/mol. The van der Waals surface area contributed by atoms with Crippen LogP contribution in [0.5, 0.6) is 5.75 Å². The quantitative estimate of drug-likeness (QED) is 0.702. The maximum Gasteiger partial charge on any atom is 0.228 e. The van der Waals surface area contributed by atoms with Crippen LogP contribution in [0.3, 0.4) is 0 Å². The molecule has 1 aromatic carbocycles. The minimum atomic E-state index is 0.123. The first-order chi connectivity index (χ1) is 8.78. The lowest BCUT2D eigenvalue weighted by atomic mass is 10.1. The zero-order valence-corrected chi connectivity index (χ0v) is 9.16. The smallest absolute Gasteiger partial charge is 0.228 e. The third-order valence-electron chi connectivity index (χ3n) is 2.54. The molecule has 2 aromatic heterocycles. The predicted octanol–water partition coefficient (Wildman–Crippen LogP) is 2.47. The minimum absolute atomic E-state index is 0.123. The summed E-state index contributed by atoms with van der Waals surface area (Å²) in [5.74, 6) is 0.465. The first kappa shape index (κ1) is 10.3. The number of aromatic hydroxyl groups is 1. The standard InChI is InChI=1S/C13H7N3O2/c14-6-8-7-15-4-3-10(8)13-16-11-5-9(17)1-2-12(11)18-13/h1-5,7,17H. The molecule has 0 unspecified atom stereocenters. The van der Waals surface area contributed by atoms with Crippen LogP contribution in [0.4, 0.5) is 0 Å². The SMILES string of the molecule is N#Cc1cnccc1-c1nc2cc(O)ccc2o1. The van der Waals surface area contributed by atoms with Crippen LogP contribution in [-0.4, -0.2) is 15.1 Å². The van der Waals surface area contributed by atoms with Gasteiger partial charge in [0, 0.05) is 18.5 Å². The Morgan fingerprint density at radius 2 is 2.17 bits per heavy atom. The molecular weight excluding hydrogens is 230 g/mol. The Bertz CT molecular complexity index is 771. The number of phenolic OH excluding ortho intramolecular Hbond substituents is 1. The molecule has 1 N–H and O–H groups in total. The van der Waals surface area contributed by atoms with Crippen LogP contribution >= 0.6 is 0 Å². The molecule has 0 radical (unpaired) electrons. The second-order valence-corrected chi connectivity index (χ2v) is 3.70. The molecule has 86 valence electrons. The first-order valence-corrected chi connectivity index (χ1v) is 5.22. The third kappa shape index (κ3) is 1.57. The topological polar surface area (TPSA) is 82.9 Å². The Kier molecular flexibility index (Phi) is 2.21. The number of fused-ring (bicyclic) bond motifs is 1. The van der Waals surface area contributed by atoms with E-state index in [0.29, 0.717) is 28.1 Å². The van der Waals surface area contributed by atoms with Gasteiger partial charge in [-0.05, 0) is 18.2 Å². The van der Waals surface area contributed by atoms with E-state index in [2.05, 4.69) is 9.97 Å². The molecule has 5 heteroatoms. The molecule has 0 amide bonds. The fourth-order valence-corrected chi connectivity index (χ4v) is 1.70. The van der Waals surface area contributed by atoms with Crippen LogP contribution in [-0.2, 0) is 0 Å². The molecule has 0 aliphatic carbocycles. The largest absolute Gasteiger partial charge is 0.508 e. The van der Waals surface area contributed by atoms with Gasteiger partial charge in [-0.3, -0.25) is 4.98 Å². The lowest BCUT2D eigenvalue weighted by molar-refractivity contribution is 0.476. The number of benzene rings is 1. The summed E-state index contributed by atoms with van der Waals surface area (Å²) >= 11 is 0. The number of hydrogen-bond acceptors (Lipinski definition) is 5. The van der Waals surface area contributed by atoms with Crippen LogP contribution < -0.4 is 0 Å². The molecule has 18 heavy (non-hydrogen) atoms. The summed E-state index contributed by atoms with van der Waals surface area (Å²) in [5.41, 5.74) is 2.09. The van der Waals surface area contributed by atoms with Gasteiger partial charge in [-0.25, -0.2) is 4.98 Å². The zero-order chi connectivity index (χ0) is 12.5. The van der Waals surface area contributed by atoms with E-state index >= 15 is 0 Å². The Labute approximate surface area is 102 Å². The van der Waals surface area contributed by atoms with E-state index in [1.54, 1.807) is 18.3 Å². The summed E-state index contributed by atoms with van der Waals surface area (Å²) < 4.78 is 5.55. The molecule has 0 atom stereocenters. The lowest BCUT2D eigenvalue weighted by Gasteiger charge is -1.95. The van der Waals surface area contributed by atoms with Crippen molar-refractivity contribution in [2.24, 2.45) is 0 Å². The zero-order valence-electron chi connectivity index (χ0n) is 9.16. The van der Waals surface area contributed by atoms with E-state index in [1.807, 2.05) is 6.07 Å². The van der Waals surface area contributed by atoms with Crippen molar-refractivity contribution in [2.75, 3.05) is 0 Å². The maximum atomic E-state index is 9.37. The number of oxazole rings is 1. The number of nitrogens with zero attached hydrogens (tertiary/aromatic N) is 3. The molecule has 0 fully saturated rings. The average molecular weight is 237 g/mol. The van der Waals surface area contributed by atoms with Crippen LogP contribution in [0.15, 0.2) is 41.1 Å². The van der Waals surface area contributed by atoms with Crippen molar-refractivity contribution in [3.05, 3.63) is 42.2 Å². The summed E-state index contributed by atoms with van der Waals surface area (Å²) in [5, 5.41) is 18.4. The molecule has 0 aliphatic rings. The van der Waals surface area contributed by atoms with E-state index in [9.17, 15) is 5.11 Å². The minimum Gasteiger partial charge on any atom is -0.508 e. The van der Waals surface area contributed by atoms with Crippen LogP contribution in [0, 0.1) is 11.3 Å². The van der Waals surface area contributed by atoms with E-state index in [4.69, 9.17) is 9.68 Å². The van der Waals surface area contributed by atoms with Gasteiger partial charge < -0.3 is 9.52 Å². The number of rotatable bonds is 1. The monoisotopic (exact) mass is 237 g/mol. The normalized spacial score (nSPS) is 10.4. The number of phenols is 1. The van der Waals surface area contributed by atoms with Gasteiger partial charge in [-0.2, -0.15) is 5.26 Å². The van der Waals surface area contributed by atoms with Crippen LogP contribution in [0.2, 0.25) is 0 Å². The summed E-state index contributed by atoms with van der Waals surface area (Å²) in [6.45, 7) is 0. The molecule has 3 aromatic rings. The van der Waals surface area contributed by atoms with Crippen molar-refractivity contribution in [3.63, 3.8) is 0 Å². The first-order valence-electron chi connectivity index (χ1n) is 5.22. The number of nitriles is 1. The van der Waals surface area contributed by atoms with Gasteiger partial charge >= 0.3 is 0 Å². The summed E-state index contributed by atoms with van der Waals surface area (Å²) in [7, 11) is 0. The summed E-state index contributed by atoms with van der Waals surface area (Å²) in [6.07, 6.45) is 3.03.